The van der Waals surface area contributed by atoms with Crippen molar-refractivity contribution in [3.8, 4) is 6.07 Å². The summed E-state index contributed by atoms with van der Waals surface area (Å²) in [5.74, 6) is -2.37. The van der Waals surface area contributed by atoms with Crippen molar-refractivity contribution in [2.24, 2.45) is 0 Å². The highest BCUT2D eigenvalue weighted by atomic mass is 19.3. The SMILES string of the molecule is CCOC(=O)c1c([N+](=O)[O-])ncc(C#N)c1C(F)F. The number of pyridine rings is 1. The van der Waals surface area contributed by atoms with Crippen molar-refractivity contribution >= 4 is 11.8 Å². The lowest BCUT2D eigenvalue weighted by Gasteiger charge is -2.08. The van der Waals surface area contributed by atoms with E-state index in [0.717, 1.165) is 0 Å². The molecule has 0 fully saturated rings. The summed E-state index contributed by atoms with van der Waals surface area (Å²) in [7, 11) is 0. The first-order valence-electron chi connectivity index (χ1n) is 4.96. The predicted octanol–water partition coefficient (Wildman–Crippen LogP) is 1.98. The monoisotopic (exact) mass is 271 g/mol. The molecule has 1 heterocycles. The van der Waals surface area contributed by atoms with Gasteiger partial charge in [-0.3, -0.25) is 0 Å². The van der Waals surface area contributed by atoms with Crippen molar-refractivity contribution in [2.75, 3.05) is 6.61 Å². The summed E-state index contributed by atoms with van der Waals surface area (Å²) in [6.07, 6.45) is -2.61. The van der Waals surface area contributed by atoms with Crippen LogP contribution >= 0.6 is 0 Å². The number of aromatic nitrogens is 1. The molecule has 1 aromatic heterocycles. The minimum absolute atomic E-state index is 0.157. The normalized spacial score (nSPS) is 10.1. The van der Waals surface area contributed by atoms with Crippen LogP contribution in [0.5, 0.6) is 0 Å². The van der Waals surface area contributed by atoms with Crippen molar-refractivity contribution in [3.63, 3.8) is 0 Å². The van der Waals surface area contributed by atoms with Gasteiger partial charge in [-0.15, -0.1) is 0 Å². The quantitative estimate of drug-likeness (QED) is 0.470. The fourth-order valence-electron chi connectivity index (χ4n) is 1.37. The number of halogens is 2. The van der Waals surface area contributed by atoms with Crippen molar-refractivity contribution in [2.45, 2.75) is 13.3 Å². The molecule has 100 valence electrons. The zero-order chi connectivity index (χ0) is 14.6. The van der Waals surface area contributed by atoms with E-state index in [4.69, 9.17) is 5.26 Å². The lowest BCUT2D eigenvalue weighted by atomic mass is 10.0. The summed E-state index contributed by atoms with van der Waals surface area (Å²) in [5.41, 5.74) is -2.63. The van der Waals surface area contributed by atoms with Crippen LogP contribution in [0, 0.1) is 21.4 Å². The van der Waals surface area contributed by atoms with Crippen LogP contribution in [0.25, 0.3) is 0 Å². The zero-order valence-corrected chi connectivity index (χ0v) is 9.59. The molecule has 0 aliphatic heterocycles. The van der Waals surface area contributed by atoms with Crippen molar-refractivity contribution in [3.05, 3.63) is 33.0 Å². The standard InChI is InChI=1S/C10H7F2N3O4/c1-2-19-10(16)7-6(8(11)12)5(3-13)4-14-9(7)15(17)18/h4,8H,2H2,1H3. The molecule has 0 saturated carbocycles. The van der Waals surface area contributed by atoms with Crippen LogP contribution in [-0.4, -0.2) is 22.5 Å². The number of rotatable bonds is 4. The Kier molecular flexibility index (Phi) is 4.41. The number of nitrogens with zero attached hydrogens (tertiary/aromatic N) is 3. The van der Waals surface area contributed by atoms with Gasteiger partial charge in [0.1, 0.15) is 11.6 Å². The highest BCUT2D eigenvalue weighted by Crippen LogP contribution is 2.31. The van der Waals surface area contributed by atoms with Gasteiger partial charge in [-0.2, -0.15) is 5.26 Å². The van der Waals surface area contributed by atoms with Crippen molar-refractivity contribution in [1.29, 1.82) is 5.26 Å². The molecule has 0 saturated heterocycles. The number of carbonyl (C=O) groups is 1. The minimum Gasteiger partial charge on any atom is -0.462 e. The molecule has 0 spiro atoms. The average molecular weight is 271 g/mol. The first kappa shape index (κ1) is 14.4. The summed E-state index contributed by atoms with van der Waals surface area (Å²) < 4.78 is 30.3. The molecule has 0 radical (unpaired) electrons. The second-order valence-electron chi connectivity index (χ2n) is 3.17. The Bertz CT molecular complexity index is 569. The highest BCUT2D eigenvalue weighted by Gasteiger charge is 2.33. The van der Waals surface area contributed by atoms with Crippen molar-refractivity contribution < 1.29 is 23.2 Å². The molecule has 0 atom stereocenters. The van der Waals surface area contributed by atoms with Gasteiger partial charge < -0.3 is 14.9 Å². The molecule has 9 heteroatoms. The van der Waals surface area contributed by atoms with Crippen LogP contribution in [-0.2, 0) is 4.74 Å². The van der Waals surface area contributed by atoms with Crippen LogP contribution in [0.15, 0.2) is 6.20 Å². The van der Waals surface area contributed by atoms with E-state index in [0.29, 0.717) is 6.20 Å². The fraction of sp³-hybridized carbons (Fsp3) is 0.300. The van der Waals surface area contributed by atoms with Gasteiger partial charge in [0.15, 0.2) is 11.8 Å². The van der Waals surface area contributed by atoms with Gasteiger partial charge in [0, 0.05) is 0 Å². The fourth-order valence-corrected chi connectivity index (χ4v) is 1.37. The van der Waals surface area contributed by atoms with E-state index in [1.807, 2.05) is 0 Å². The molecule has 0 N–H and O–H groups in total. The Morgan fingerprint density at radius 1 is 1.68 bits per heavy atom. The minimum atomic E-state index is -3.24. The number of hydrogen-bond donors (Lipinski definition) is 0. The largest absolute Gasteiger partial charge is 0.462 e. The van der Waals surface area contributed by atoms with Crippen LogP contribution in [0.3, 0.4) is 0 Å². The molecule has 7 nitrogen and oxygen atoms in total. The molecule has 1 aromatic rings. The number of ether oxygens (including phenoxy) is 1. The van der Waals surface area contributed by atoms with Crippen LogP contribution in [0.2, 0.25) is 0 Å². The van der Waals surface area contributed by atoms with Gasteiger partial charge in [-0.1, -0.05) is 0 Å². The van der Waals surface area contributed by atoms with Gasteiger partial charge in [-0.05, 0) is 16.8 Å². The third kappa shape index (κ3) is 2.79. The third-order valence-electron chi connectivity index (χ3n) is 2.09. The number of alkyl halides is 2. The second kappa shape index (κ2) is 5.81. The Morgan fingerprint density at radius 3 is 2.74 bits per heavy atom. The van der Waals surface area contributed by atoms with E-state index >= 15 is 0 Å². The maximum absolute atomic E-state index is 12.9. The lowest BCUT2D eigenvalue weighted by molar-refractivity contribution is -0.390. The zero-order valence-electron chi connectivity index (χ0n) is 9.59. The topological polar surface area (TPSA) is 106 Å². The summed E-state index contributed by atoms with van der Waals surface area (Å²) >= 11 is 0. The molecule has 0 aliphatic carbocycles. The number of hydrogen-bond acceptors (Lipinski definition) is 6. The van der Waals surface area contributed by atoms with Gasteiger partial charge in [0.2, 0.25) is 0 Å². The van der Waals surface area contributed by atoms with Crippen LogP contribution in [0.4, 0.5) is 14.6 Å². The van der Waals surface area contributed by atoms with Gasteiger partial charge in [0.05, 0.1) is 12.2 Å². The van der Waals surface area contributed by atoms with E-state index < -0.39 is 39.8 Å². The number of nitro groups is 1. The maximum atomic E-state index is 12.9. The Hall–Kier alpha value is -2.63. The highest BCUT2D eigenvalue weighted by molar-refractivity contribution is 5.95. The molecule has 0 aromatic carbocycles. The van der Waals surface area contributed by atoms with Crippen molar-refractivity contribution in [1.82, 2.24) is 4.98 Å². The Labute approximate surface area is 105 Å². The summed E-state index contributed by atoms with van der Waals surface area (Å²) in [5, 5.41) is 19.4. The molecule has 0 bridgehead atoms. The number of carbonyl (C=O) groups excluding carboxylic acids is 1. The maximum Gasteiger partial charge on any atom is 0.378 e. The number of nitriles is 1. The van der Waals surface area contributed by atoms with Gasteiger partial charge in [-0.25, -0.2) is 13.6 Å². The lowest BCUT2D eigenvalue weighted by Crippen LogP contribution is -2.14. The first-order valence-corrected chi connectivity index (χ1v) is 4.96. The Balaban J connectivity index is 3.64. The first-order chi connectivity index (χ1) is 8.93. The molecule has 0 aliphatic rings. The Morgan fingerprint density at radius 2 is 2.32 bits per heavy atom. The van der Waals surface area contributed by atoms with Gasteiger partial charge >= 0.3 is 11.8 Å². The number of esters is 1. The summed E-state index contributed by atoms with van der Waals surface area (Å²) in [6, 6.07) is 1.41. The van der Waals surface area contributed by atoms with Crippen LogP contribution < -0.4 is 0 Å². The summed E-state index contributed by atoms with van der Waals surface area (Å²) in [6.45, 7) is 1.25. The van der Waals surface area contributed by atoms with E-state index in [-0.39, 0.29) is 6.61 Å². The van der Waals surface area contributed by atoms with Gasteiger partial charge in [0.25, 0.3) is 6.43 Å². The van der Waals surface area contributed by atoms with E-state index in [2.05, 4.69) is 9.72 Å². The molecular formula is C10H7F2N3O4. The molecule has 19 heavy (non-hydrogen) atoms. The third-order valence-corrected chi connectivity index (χ3v) is 2.09. The molecule has 0 amide bonds. The average Bonchev–Trinajstić information content (AvgIpc) is 2.36. The second-order valence-corrected chi connectivity index (χ2v) is 3.17. The summed E-state index contributed by atoms with van der Waals surface area (Å²) in [4.78, 5) is 24.4. The molecule has 1 rings (SSSR count). The van der Waals surface area contributed by atoms with E-state index in [1.54, 1.807) is 0 Å². The van der Waals surface area contributed by atoms with Crippen LogP contribution in [0.1, 0.15) is 34.8 Å². The van der Waals surface area contributed by atoms with E-state index in [1.165, 1.54) is 13.0 Å². The predicted molar refractivity (Wildman–Crippen MR) is 56.5 cm³/mol. The van der Waals surface area contributed by atoms with E-state index in [9.17, 15) is 23.7 Å². The molecular weight excluding hydrogens is 264 g/mol. The smallest absolute Gasteiger partial charge is 0.378 e. The molecule has 0 unspecified atom stereocenters.